The van der Waals surface area contributed by atoms with Crippen molar-refractivity contribution in [3.05, 3.63) is 58.3 Å². The molecule has 0 spiro atoms. The third-order valence-electron chi connectivity index (χ3n) is 4.37. The van der Waals surface area contributed by atoms with Gasteiger partial charge in [0.15, 0.2) is 0 Å². The van der Waals surface area contributed by atoms with E-state index in [9.17, 15) is 4.79 Å². The second-order valence-electron chi connectivity index (χ2n) is 5.96. The summed E-state index contributed by atoms with van der Waals surface area (Å²) in [6.45, 7) is 2.83. The molecule has 0 unspecified atom stereocenters. The average Bonchev–Trinajstić information content (AvgIpc) is 3.14. The van der Waals surface area contributed by atoms with E-state index < -0.39 is 0 Å². The van der Waals surface area contributed by atoms with Crippen LogP contribution >= 0.6 is 11.3 Å². The van der Waals surface area contributed by atoms with Gasteiger partial charge in [-0.2, -0.15) is 0 Å². The minimum Gasteiger partial charge on any atom is -0.376 e. The molecule has 3 nitrogen and oxygen atoms in total. The first-order valence-electron chi connectivity index (χ1n) is 8.26. The van der Waals surface area contributed by atoms with Gasteiger partial charge in [0.1, 0.15) is 0 Å². The lowest BCUT2D eigenvalue weighted by atomic mass is 9.95. The van der Waals surface area contributed by atoms with Crippen LogP contribution in [0.3, 0.4) is 0 Å². The molecule has 1 aliphatic heterocycles. The van der Waals surface area contributed by atoms with Crippen molar-refractivity contribution in [1.29, 1.82) is 0 Å². The Kier molecular flexibility index (Phi) is 5.83. The molecule has 0 atom stereocenters. The molecule has 3 rings (SSSR count). The number of likely N-dealkylation sites (tertiary alicyclic amines) is 1. The summed E-state index contributed by atoms with van der Waals surface area (Å²) >= 11 is 1.83. The van der Waals surface area contributed by atoms with Crippen LogP contribution in [0, 0.1) is 0 Å². The van der Waals surface area contributed by atoms with Gasteiger partial charge in [0.2, 0.25) is 5.91 Å². The van der Waals surface area contributed by atoms with Gasteiger partial charge in [0, 0.05) is 18.0 Å². The van der Waals surface area contributed by atoms with Gasteiger partial charge in [-0.25, -0.2) is 0 Å². The number of ether oxygens (including phenoxy) is 1. The number of hydrogen-bond donors (Lipinski definition) is 0. The van der Waals surface area contributed by atoms with E-state index in [0.29, 0.717) is 25.6 Å². The molecule has 122 valence electrons. The van der Waals surface area contributed by atoms with Crippen LogP contribution in [0.1, 0.15) is 35.6 Å². The first-order valence-corrected chi connectivity index (χ1v) is 9.14. The van der Waals surface area contributed by atoms with Crippen LogP contribution in [0.4, 0.5) is 0 Å². The fourth-order valence-corrected chi connectivity index (χ4v) is 3.92. The highest BCUT2D eigenvalue weighted by atomic mass is 32.1. The number of hydrogen-bond acceptors (Lipinski definition) is 3. The maximum absolute atomic E-state index is 12.3. The predicted molar refractivity (Wildman–Crippen MR) is 93.6 cm³/mol. The second-order valence-corrected chi connectivity index (χ2v) is 6.94. The highest BCUT2D eigenvalue weighted by Crippen LogP contribution is 2.31. The Labute approximate surface area is 141 Å². The van der Waals surface area contributed by atoms with Crippen LogP contribution in [0.2, 0.25) is 0 Å². The van der Waals surface area contributed by atoms with E-state index >= 15 is 0 Å². The Morgan fingerprint density at radius 1 is 1.13 bits per heavy atom. The largest absolute Gasteiger partial charge is 0.376 e. The lowest BCUT2D eigenvalue weighted by Crippen LogP contribution is -2.38. The molecule has 1 aliphatic rings. The fraction of sp³-hybridized carbons (Fsp3) is 0.421. The summed E-state index contributed by atoms with van der Waals surface area (Å²) in [5.74, 6) is 0.857. The Morgan fingerprint density at radius 3 is 2.61 bits per heavy atom. The minimum atomic E-state index is 0.225. The molecule has 4 heteroatoms. The van der Waals surface area contributed by atoms with Gasteiger partial charge >= 0.3 is 0 Å². The van der Waals surface area contributed by atoms with Gasteiger partial charge in [0.05, 0.1) is 19.6 Å². The molecule has 23 heavy (non-hydrogen) atoms. The van der Waals surface area contributed by atoms with Crippen molar-refractivity contribution in [2.24, 2.45) is 0 Å². The van der Waals surface area contributed by atoms with Crippen molar-refractivity contribution in [3.8, 4) is 0 Å². The van der Waals surface area contributed by atoms with Crippen LogP contribution in [0.15, 0.2) is 47.8 Å². The van der Waals surface area contributed by atoms with Crippen LogP contribution in [0.5, 0.6) is 0 Å². The van der Waals surface area contributed by atoms with Gasteiger partial charge in [0.25, 0.3) is 0 Å². The zero-order valence-electron chi connectivity index (χ0n) is 13.3. The van der Waals surface area contributed by atoms with Crippen LogP contribution in [-0.2, 0) is 16.1 Å². The smallest absolute Gasteiger partial charge is 0.224 e. The van der Waals surface area contributed by atoms with Crippen molar-refractivity contribution >= 4 is 17.2 Å². The zero-order valence-corrected chi connectivity index (χ0v) is 14.1. The summed E-state index contributed by atoms with van der Waals surface area (Å²) in [6, 6.07) is 14.4. The second kappa shape index (κ2) is 8.27. The molecule has 1 saturated heterocycles. The molecule has 1 aromatic carbocycles. The summed E-state index contributed by atoms with van der Waals surface area (Å²) in [4.78, 5) is 15.7. The highest BCUT2D eigenvalue weighted by Gasteiger charge is 2.23. The van der Waals surface area contributed by atoms with E-state index in [4.69, 9.17) is 4.74 Å². The summed E-state index contributed by atoms with van der Waals surface area (Å²) in [5.41, 5.74) is 1.15. The Morgan fingerprint density at radius 2 is 1.91 bits per heavy atom. The van der Waals surface area contributed by atoms with Gasteiger partial charge < -0.3 is 9.64 Å². The average molecular weight is 329 g/mol. The molecule has 2 aromatic rings. The molecule has 1 aromatic heterocycles. The standard InChI is InChI=1S/C19H23NO2S/c21-19(10-13-22-15-16-5-2-1-3-6-16)20-11-8-17(9-12-20)18-7-4-14-23-18/h1-7,14,17H,8-13,15H2. The first kappa shape index (κ1) is 16.2. The van der Waals surface area contributed by atoms with Gasteiger partial charge in [-0.1, -0.05) is 36.4 Å². The van der Waals surface area contributed by atoms with Crippen molar-refractivity contribution in [3.63, 3.8) is 0 Å². The van der Waals surface area contributed by atoms with Gasteiger partial charge in [-0.15, -0.1) is 11.3 Å². The molecular weight excluding hydrogens is 306 g/mol. The van der Waals surface area contributed by atoms with Crippen LogP contribution < -0.4 is 0 Å². The number of rotatable bonds is 6. The third-order valence-corrected chi connectivity index (χ3v) is 5.40. The number of carbonyl (C=O) groups excluding carboxylic acids is 1. The maximum atomic E-state index is 12.3. The predicted octanol–water partition coefficient (Wildman–Crippen LogP) is 4.06. The number of nitrogens with zero attached hydrogens (tertiary/aromatic N) is 1. The summed E-state index contributed by atoms with van der Waals surface area (Å²) in [5, 5.41) is 2.14. The lowest BCUT2D eigenvalue weighted by molar-refractivity contribution is -0.133. The van der Waals surface area contributed by atoms with Crippen LogP contribution in [0.25, 0.3) is 0 Å². The van der Waals surface area contributed by atoms with E-state index in [1.807, 2.05) is 46.6 Å². The van der Waals surface area contributed by atoms with E-state index in [0.717, 1.165) is 31.5 Å². The van der Waals surface area contributed by atoms with Gasteiger partial charge in [-0.3, -0.25) is 4.79 Å². The summed E-state index contributed by atoms with van der Waals surface area (Å²) in [6.07, 6.45) is 2.64. The fourth-order valence-electron chi connectivity index (χ4n) is 3.02. The Balaban J connectivity index is 1.35. The molecular formula is C19H23NO2S. The SMILES string of the molecule is O=C(CCOCc1ccccc1)N1CCC(c2cccs2)CC1. The van der Waals surface area contributed by atoms with Crippen molar-refractivity contribution in [2.75, 3.05) is 19.7 Å². The van der Waals surface area contributed by atoms with Crippen molar-refractivity contribution in [2.45, 2.75) is 31.8 Å². The van der Waals surface area contributed by atoms with Gasteiger partial charge in [-0.05, 0) is 35.8 Å². The summed E-state index contributed by atoms with van der Waals surface area (Å²) in [7, 11) is 0. The highest BCUT2D eigenvalue weighted by molar-refractivity contribution is 7.10. The quantitative estimate of drug-likeness (QED) is 0.748. The number of thiophene rings is 1. The molecule has 1 amide bonds. The number of amides is 1. The number of piperidine rings is 1. The minimum absolute atomic E-state index is 0.225. The monoisotopic (exact) mass is 329 g/mol. The first-order chi connectivity index (χ1) is 11.3. The third kappa shape index (κ3) is 4.66. The van der Waals surface area contributed by atoms with E-state index in [1.54, 1.807) is 0 Å². The molecule has 0 aliphatic carbocycles. The summed E-state index contributed by atoms with van der Waals surface area (Å²) < 4.78 is 5.62. The number of benzene rings is 1. The van der Waals surface area contributed by atoms with Crippen LogP contribution in [-0.4, -0.2) is 30.5 Å². The molecule has 0 bridgehead atoms. The molecule has 0 N–H and O–H groups in total. The molecule has 1 fully saturated rings. The van der Waals surface area contributed by atoms with Crippen molar-refractivity contribution < 1.29 is 9.53 Å². The van der Waals surface area contributed by atoms with E-state index in [1.165, 1.54) is 4.88 Å². The topological polar surface area (TPSA) is 29.5 Å². The normalized spacial score (nSPS) is 15.7. The lowest BCUT2D eigenvalue weighted by Gasteiger charge is -2.31. The molecule has 0 saturated carbocycles. The zero-order chi connectivity index (χ0) is 15.9. The Bertz CT molecular complexity index is 589. The van der Waals surface area contributed by atoms with E-state index in [-0.39, 0.29) is 5.91 Å². The Hall–Kier alpha value is -1.65. The number of carbonyl (C=O) groups is 1. The van der Waals surface area contributed by atoms with E-state index in [2.05, 4.69) is 17.5 Å². The molecule has 2 heterocycles. The maximum Gasteiger partial charge on any atom is 0.224 e. The van der Waals surface area contributed by atoms with Crippen molar-refractivity contribution in [1.82, 2.24) is 4.90 Å². The molecule has 0 radical (unpaired) electrons.